The Bertz CT molecular complexity index is 515. The molecule has 0 aliphatic rings. The molecule has 0 saturated heterocycles. The van der Waals surface area contributed by atoms with Gasteiger partial charge in [0.25, 0.3) is 0 Å². The van der Waals surface area contributed by atoms with E-state index < -0.39 is 0 Å². The zero-order valence-electron chi connectivity index (χ0n) is 8.41. The molecule has 0 amide bonds. The van der Waals surface area contributed by atoms with E-state index in [9.17, 15) is 0 Å². The maximum absolute atomic E-state index is 9.10. The van der Waals surface area contributed by atoms with Gasteiger partial charge in [0.1, 0.15) is 6.07 Å². The zero-order valence-corrected chi connectivity index (χ0v) is 8.41. The smallest absolute Gasteiger partial charge is 0.102 e. The van der Waals surface area contributed by atoms with E-state index in [-0.39, 0.29) is 0 Å². The second kappa shape index (κ2) is 3.19. The lowest BCUT2D eigenvalue weighted by Gasteiger charge is -1.99. The van der Waals surface area contributed by atoms with Crippen LogP contribution in [0.3, 0.4) is 0 Å². The molecule has 0 spiro atoms. The second-order valence-electron chi connectivity index (χ2n) is 3.36. The van der Waals surface area contributed by atoms with Gasteiger partial charge in [0.15, 0.2) is 0 Å². The topological polar surface area (TPSA) is 28.7 Å². The predicted molar refractivity (Wildman–Crippen MR) is 57.0 cm³/mol. The third-order valence-corrected chi connectivity index (χ3v) is 2.67. The first-order chi connectivity index (χ1) is 6.79. The molecule has 0 fully saturated rings. The summed E-state index contributed by atoms with van der Waals surface area (Å²) in [6.07, 6.45) is 0.897. The lowest BCUT2D eigenvalue weighted by molar-refractivity contribution is 0.862. The van der Waals surface area contributed by atoms with Crippen LogP contribution >= 0.6 is 0 Å². The second-order valence-corrected chi connectivity index (χ2v) is 3.36. The summed E-state index contributed by atoms with van der Waals surface area (Å²) in [4.78, 5) is 0. The van der Waals surface area contributed by atoms with Crippen LogP contribution in [-0.2, 0) is 13.5 Å². The van der Waals surface area contributed by atoms with Gasteiger partial charge in [0.05, 0.1) is 5.56 Å². The van der Waals surface area contributed by atoms with Gasteiger partial charge in [0, 0.05) is 23.6 Å². The van der Waals surface area contributed by atoms with Gasteiger partial charge in [-0.3, -0.25) is 0 Å². The van der Waals surface area contributed by atoms with Gasteiger partial charge in [-0.15, -0.1) is 0 Å². The van der Waals surface area contributed by atoms with Crippen molar-refractivity contribution >= 4 is 10.9 Å². The summed E-state index contributed by atoms with van der Waals surface area (Å²) in [7, 11) is 2.02. The molecule has 1 heterocycles. The molecule has 0 aliphatic heterocycles. The molecule has 0 bridgehead atoms. The number of aromatic nitrogens is 1. The van der Waals surface area contributed by atoms with Gasteiger partial charge in [-0.05, 0) is 12.5 Å². The highest BCUT2D eigenvalue weighted by Crippen LogP contribution is 2.24. The van der Waals surface area contributed by atoms with Crippen LogP contribution in [-0.4, -0.2) is 4.57 Å². The highest BCUT2D eigenvalue weighted by molar-refractivity contribution is 5.87. The first-order valence-electron chi connectivity index (χ1n) is 4.76. The number of fused-ring (bicyclic) bond motifs is 1. The van der Waals surface area contributed by atoms with Crippen molar-refractivity contribution in [1.82, 2.24) is 4.57 Å². The van der Waals surface area contributed by atoms with Crippen LogP contribution in [0, 0.1) is 11.3 Å². The van der Waals surface area contributed by atoms with E-state index in [2.05, 4.69) is 23.6 Å². The zero-order chi connectivity index (χ0) is 10.1. The maximum Gasteiger partial charge on any atom is 0.102 e. The van der Waals surface area contributed by atoms with Crippen LogP contribution in [0.15, 0.2) is 24.3 Å². The molecule has 2 heteroatoms. The third kappa shape index (κ3) is 1.03. The number of benzene rings is 1. The van der Waals surface area contributed by atoms with E-state index in [0.29, 0.717) is 0 Å². The molecule has 1 aromatic carbocycles. The maximum atomic E-state index is 9.10. The summed E-state index contributed by atoms with van der Waals surface area (Å²) >= 11 is 0. The molecule has 14 heavy (non-hydrogen) atoms. The van der Waals surface area contributed by atoms with Crippen LogP contribution in [0.25, 0.3) is 10.9 Å². The normalized spacial score (nSPS) is 10.4. The molecular formula is C12H12N2. The van der Waals surface area contributed by atoms with E-state index in [4.69, 9.17) is 5.26 Å². The third-order valence-electron chi connectivity index (χ3n) is 2.67. The molecule has 1 aromatic heterocycles. The first-order valence-corrected chi connectivity index (χ1v) is 4.76. The molecule has 0 unspecified atom stereocenters. The quantitative estimate of drug-likeness (QED) is 0.669. The Morgan fingerprint density at radius 2 is 2.07 bits per heavy atom. The lowest BCUT2D eigenvalue weighted by Crippen LogP contribution is -1.95. The Labute approximate surface area is 83.4 Å². The summed E-state index contributed by atoms with van der Waals surface area (Å²) in [5.74, 6) is 0. The van der Waals surface area contributed by atoms with Crippen LogP contribution in [0.1, 0.15) is 18.2 Å². The number of nitriles is 1. The molecule has 2 rings (SSSR count). The SMILES string of the molecule is CCc1c(C#N)c2ccccc2n1C. The van der Waals surface area contributed by atoms with Crippen molar-refractivity contribution in [2.75, 3.05) is 0 Å². The summed E-state index contributed by atoms with van der Waals surface area (Å²) in [5.41, 5.74) is 3.08. The fourth-order valence-corrected chi connectivity index (χ4v) is 1.98. The van der Waals surface area contributed by atoms with Gasteiger partial charge in [-0.25, -0.2) is 0 Å². The number of hydrogen-bond donors (Lipinski definition) is 0. The summed E-state index contributed by atoms with van der Waals surface area (Å²) in [6.45, 7) is 2.08. The summed E-state index contributed by atoms with van der Waals surface area (Å²) < 4.78 is 2.11. The summed E-state index contributed by atoms with van der Waals surface area (Å²) in [5, 5.41) is 10.2. The van der Waals surface area contributed by atoms with Crippen molar-refractivity contribution < 1.29 is 0 Å². The highest BCUT2D eigenvalue weighted by atomic mass is 14.9. The van der Waals surface area contributed by atoms with Gasteiger partial charge in [0.2, 0.25) is 0 Å². The fourth-order valence-electron chi connectivity index (χ4n) is 1.98. The van der Waals surface area contributed by atoms with Crippen molar-refractivity contribution in [3.63, 3.8) is 0 Å². The van der Waals surface area contributed by atoms with Crippen molar-refractivity contribution in [2.45, 2.75) is 13.3 Å². The summed E-state index contributed by atoms with van der Waals surface area (Å²) in [6, 6.07) is 10.3. The minimum Gasteiger partial charge on any atom is -0.346 e. The number of rotatable bonds is 1. The van der Waals surface area contributed by atoms with E-state index >= 15 is 0 Å². The largest absolute Gasteiger partial charge is 0.346 e. The standard InChI is InChI=1S/C12H12N2/c1-3-11-10(8-13)9-6-4-5-7-12(9)14(11)2/h4-7H,3H2,1-2H3. The highest BCUT2D eigenvalue weighted by Gasteiger charge is 2.11. The molecule has 0 radical (unpaired) electrons. The van der Waals surface area contributed by atoms with Crippen molar-refractivity contribution in [1.29, 1.82) is 5.26 Å². The molecule has 0 N–H and O–H groups in total. The van der Waals surface area contributed by atoms with E-state index in [0.717, 1.165) is 28.6 Å². The molecule has 0 aliphatic carbocycles. The van der Waals surface area contributed by atoms with Gasteiger partial charge in [-0.2, -0.15) is 5.26 Å². The van der Waals surface area contributed by atoms with E-state index in [1.807, 2.05) is 25.2 Å². The fraction of sp³-hybridized carbons (Fsp3) is 0.250. The van der Waals surface area contributed by atoms with Crippen LogP contribution in [0.5, 0.6) is 0 Å². The average Bonchev–Trinajstić information content (AvgIpc) is 2.51. The monoisotopic (exact) mass is 184 g/mol. The van der Waals surface area contributed by atoms with Crippen LogP contribution in [0.4, 0.5) is 0 Å². The molecule has 0 saturated carbocycles. The molecule has 2 nitrogen and oxygen atoms in total. The number of hydrogen-bond acceptors (Lipinski definition) is 1. The number of nitrogens with zero attached hydrogens (tertiary/aromatic N) is 2. The Kier molecular flexibility index (Phi) is 2.01. The molecule has 70 valence electrons. The Morgan fingerprint density at radius 3 is 2.71 bits per heavy atom. The molecule has 2 aromatic rings. The number of aryl methyl sites for hydroxylation is 1. The van der Waals surface area contributed by atoms with Crippen molar-refractivity contribution in [3.05, 3.63) is 35.5 Å². The average molecular weight is 184 g/mol. The first kappa shape index (κ1) is 8.83. The van der Waals surface area contributed by atoms with Crippen LogP contribution < -0.4 is 0 Å². The Morgan fingerprint density at radius 1 is 1.36 bits per heavy atom. The predicted octanol–water partition coefficient (Wildman–Crippen LogP) is 2.61. The van der Waals surface area contributed by atoms with Crippen LogP contribution in [0.2, 0.25) is 0 Å². The van der Waals surface area contributed by atoms with Crippen molar-refractivity contribution in [2.24, 2.45) is 7.05 Å². The minimum absolute atomic E-state index is 0.825. The van der Waals surface area contributed by atoms with E-state index in [1.54, 1.807) is 0 Å². The minimum atomic E-state index is 0.825. The molecule has 0 atom stereocenters. The van der Waals surface area contributed by atoms with E-state index in [1.165, 1.54) is 0 Å². The number of para-hydroxylation sites is 1. The lowest BCUT2D eigenvalue weighted by atomic mass is 10.1. The van der Waals surface area contributed by atoms with Gasteiger partial charge >= 0.3 is 0 Å². The van der Waals surface area contributed by atoms with Gasteiger partial charge < -0.3 is 4.57 Å². The van der Waals surface area contributed by atoms with Gasteiger partial charge in [-0.1, -0.05) is 25.1 Å². The molecular weight excluding hydrogens is 172 g/mol. The Balaban J connectivity index is 2.93. The Hall–Kier alpha value is -1.75. The van der Waals surface area contributed by atoms with Crippen molar-refractivity contribution in [3.8, 4) is 6.07 Å².